The normalized spacial score (nSPS) is 11.7. The Balaban J connectivity index is 1.68. The fourth-order valence-corrected chi connectivity index (χ4v) is 3.93. The van der Waals surface area contributed by atoms with Crippen molar-refractivity contribution in [2.75, 3.05) is 5.32 Å². The lowest BCUT2D eigenvalue weighted by molar-refractivity contribution is 0.102. The highest BCUT2D eigenvalue weighted by molar-refractivity contribution is 7.92. The first kappa shape index (κ1) is 18.3. The Kier molecular flexibility index (Phi) is 5.19. The molecule has 0 aliphatic carbocycles. The van der Waals surface area contributed by atoms with Gasteiger partial charge < -0.3 is 4.42 Å². The zero-order chi connectivity index (χ0) is 18.7. The highest BCUT2D eigenvalue weighted by Crippen LogP contribution is 2.18. The van der Waals surface area contributed by atoms with E-state index in [1.54, 1.807) is 25.2 Å². The molecule has 1 amide bonds. The fourth-order valence-electron chi connectivity index (χ4n) is 2.18. The molecule has 1 N–H and O–H groups in total. The molecule has 0 unspecified atom stereocenters. The number of hydrogen-bond donors (Lipinski definition) is 1. The summed E-state index contributed by atoms with van der Waals surface area (Å²) in [5.41, 5.74) is 0.297. The van der Waals surface area contributed by atoms with Crippen molar-refractivity contribution in [3.8, 4) is 0 Å². The number of amides is 1. The zero-order valence-corrected chi connectivity index (χ0v) is 15.8. The molecule has 2 aromatic heterocycles. The molecule has 0 saturated heterocycles. The number of nitrogens with zero attached hydrogens (tertiary/aromatic N) is 2. The lowest BCUT2D eigenvalue weighted by Crippen LogP contribution is -2.15. The van der Waals surface area contributed by atoms with Crippen LogP contribution in [0.4, 0.5) is 6.01 Å². The lowest BCUT2D eigenvalue weighted by Gasteiger charge is -2.08. The molecule has 136 valence electrons. The standard InChI is InChI=1S/C17H17N3O4S2/c1-11(2)26(22,23)14-7-5-12(6-8-14)16(21)18-17-20-19-15(24-17)10-13-4-3-9-25-13/h3-9,11H,10H2,1-2H3,(H,18,20,21). The molecule has 1 aromatic carbocycles. The van der Waals surface area contributed by atoms with Crippen LogP contribution in [-0.4, -0.2) is 29.8 Å². The van der Waals surface area contributed by atoms with Crippen molar-refractivity contribution in [1.29, 1.82) is 0 Å². The summed E-state index contributed by atoms with van der Waals surface area (Å²) in [6.45, 7) is 3.22. The minimum absolute atomic E-state index is 0.000402. The van der Waals surface area contributed by atoms with Crippen molar-refractivity contribution in [3.05, 3.63) is 58.1 Å². The Morgan fingerprint density at radius 1 is 1.19 bits per heavy atom. The molecule has 0 atom stereocenters. The molecule has 0 aliphatic heterocycles. The summed E-state index contributed by atoms with van der Waals surface area (Å²) >= 11 is 1.58. The summed E-state index contributed by atoms with van der Waals surface area (Å²) in [4.78, 5) is 13.5. The van der Waals surface area contributed by atoms with Crippen LogP contribution in [0.1, 0.15) is 35.0 Å². The third kappa shape index (κ3) is 4.00. The number of aromatic nitrogens is 2. The van der Waals surface area contributed by atoms with Gasteiger partial charge in [-0.05, 0) is 49.6 Å². The van der Waals surface area contributed by atoms with Gasteiger partial charge in [-0.1, -0.05) is 11.2 Å². The minimum atomic E-state index is -3.37. The van der Waals surface area contributed by atoms with Crippen LogP contribution in [0.2, 0.25) is 0 Å². The first-order chi connectivity index (χ1) is 12.4. The van der Waals surface area contributed by atoms with Crippen LogP contribution in [0.3, 0.4) is 0 Å². The SMILES string of the molecule is CC(C)S(=O)(=O)c1ccc(C(=O)Nc2nnc(Cc3cccs3)o2)cc1. The molecular formula is C17H17N3O4S2. The van der Waals surface area contributed by atoms with Crippen LogP contribution in [0, 0.1) is 0 Å². The Labute approximate surface area is 155 Å². The number of hydrogen-bond acceptors (Lipinski definition) is 7. The quantitative estimate of drug-likeness (QED) is 0.692. The Bertz CT molecular complexity index is 991. The van der Waals surface area contributed by atoms with Gasteiger partial charge in [0.2, 0.25) is 5.89 Å². The maximum Gasteiger partial charge on any atom is 0.322 e. The summed E-state index contributed by atoms with van der Waals surface area (Å²) in [7, 11) is -3.37. The maximum absolute atomic E-state index is 12.2. The van der Waals surface area contributed by atoms with E-state index in [1.165, 1.54) is 24.3 Å². The van der Waals surface area contributed by atoms with Crippen molar-refractivity contribution in [2.45, 2.75) is 30.4 Å². The number of nitrogens with one attached hydrogen (secondary N) is 1. The van der Waals surface area contributed by atoms with Gasteiger partial charge in [-0.15, -0.1) is 16.4 Å². The summed E-state index contributed by atoms with van der Waals surface area (Å²) < 4.78 is 29.6. The molecule has 3 aromatic rings. The number of anilines is 1. The average Bonchev–Trinajstić information content (AvgIpc) is 3.27. The van der Waals surface area contributed by atoms with Crippen molar-refractivity contribution in [2.24, 2.45) is 0 Å². The summed E-state index contributed by atoms with van der Waals surface area (Å²) in [6.07, 6.45) is 0.502. The van der Waals surface area contributed by atoms with Gasteiger partial charge in [0.25, 0.3) is 5.91 Å². The van der Waals surface area contributed by atoms with Crippen LogP contribution in [0.5, 0.6) is 0 Å². The molecule has 3 rings (SSSR count). The minimum Gasteiger partial charge on any atom is -0.407 e. The van der Waals surface area contributed by atoms with Gasteiger partial charge in [0, 0.05) is 10.4 Å². The van der Waals surface area contributed by atoms with Gasteiger partial charge in [0.15, 0.2) is 9.84 Å². The Hall–Kier alpha value is -2.52. The zero-order valence-electron chi connectivity index (χ0n) is 14.2. The number of carbonyl (C=O) groups excluding carboxylic acids is 1. The fraction of sp³-hybridized carbons (Fsp3) is 0.235. The lowest BCUT2D eigenvalue weighted by atomic mass is 10.2. The number of thiophene rings is 1. The first-order valence-corrected chi connectivity index (χ1v) is 10.3. The maximum atomic E-state index is 12.2. The summed E-state index contributed by atoms with van der Waals surface area (Å²) in [5, 5.41) is 11.6. The van der Waals surface area contributed by atoms with E-state index >= 15 is 0 Å². The number of benzene rings is 1. The summed E-state index contributed by atoms with van der Waals surface area (Å²) in [5.74, 6) is -0.0501. The van der Waals surface area contributed by atoms with E-state index in [9.17, 15) is 13.2 Å². The third-order valence-electron chi connectivity index (χ3n) is 3.66. The van der Waals surface area contributed by atoms with Crippen molar-refractivity contribution in [1.82, 2.24) is 10.2 Å². The van der Waals surface area contributed by atoms with Gasteiger partial charge in [-0.25, -0.2) is 8.42 Å². The molecule has 0 saturated carbocycles. The van der Waals surface area contributed by atoms with Crippen LogP contribution in [0.25, 0.3) is 0 Å². The highest BCUT2D eigenvalue weighted by Gasteiger charge is 2.19. The predicted molar refractivity (Wildman–Crippen MR) is 98.1 cm³/mol. The van der Waals surface area contributed by atoms with E-state index < -0.39 is 21.0 Å². The van der Waals surface area contributed by atoms with Crippen LogP contribution in [0.15, 0.2) is 51.1 Å². The second-order valence-corrected chi connectivity index (χ2v) is 9.37. The van der Waals surface area contributed by atoms with Gasteiger partial charge in [0.05, 0.1) is 16.6 Å². The average molecular weight is 391 g/mol. The molecule has 9 heteroatoms. The molecule has 2 heterocycles. The number of carbonyl (C=O) groups is 1. The molecule has 0 spiro atoms. The largest absolute Gasteiger partial charge is 0.407 e. The van der Waals surface area contributed by atoms with Gasteiger partial charge in [-0.2, -0.15) is 0 Å². The van der Waals surface area contributed by atoms with E-state index in [4.69, 9.17) is 4.42 Å². The first-order valence-electron chi connectivity index (χ1n) is 7.86. The number of sulfone groups is 1. The smallest absolute Gasteiger partial charge is 0.322 e. The number of rotatable bonds is 6. The molecule has 0 bridgehead atoms. The Morgan fingerprint density at radius 2 is 1.92 bits per heavy atom. The molecule has 0 fully saturated rings. The van der Waals surface area contributed by atoms with Crippen molar-refractivity contribution in [3.63, 3.8) is 0 Å². The van der Waals surface area contributed by atoms with Crippen LogP contribution < -0.4 is 5.32 Å². The molecule has 0 aliphatic rings. The van der Waals surface area contributed by atoms with E-state index in [1.807, 2.05) is 17.5 Å². The van der Waals surface area contributed by atoms with Gasteiger partial charge in [0.1, 0.15) is 0 Å². The topological polar surface area (TPSA) is 102 Å². The van der Waals surface area contributed by atoms with Crippen LogP contribution in [-0.2, 0) is 16.3 Å². The van der Waals surface area contributed by atoms with Gasteiger partial charge >= 0.3 is 6.01 Å². The van der Waals surface area contributed by atoms with Crippen molar-refractivity contribution >= 4 is 33.1 Å². The van der Waals surface area contributed by atoms with Gasteiger partial charge in [-0.3, -0.25) is 10.1 Å². The van der Waals surface area contributed by atoms with E-state index in [0.717, 1.165) is 4.88 Å². The molecular weight excluding hydrogens is 374 g/mol. The van der Waals surface area contributed by atoms with E-state index in [0.29, 0.717) is 17.9 Å². The molecule has 0 radical (unpaired) electrons. The van der Waals surface area contributed by atoms with E-state index in [2.05, 4.69) is 15.5 Å². The molecule has 7 nitrogen and oxygen atoms in total. The second kappa shape index (κ2) is 7.38. The highest BCUT2D eigenvalue weighted by atomic mass is 32.2. The van der Waals surface area contributed by atoms with Crippen molar-refractivity contribution < 1.29 is 17.6 Å². The third-order valence-corrected chi connectivity index (χ3v) is 6.71. The second-order valence-electron chi connectivity index (χ2n) is 5.83. The predicted octanol–water partition coefficient (Wildman–Crippen LogP) is 3.16. The van der Waals surface area contributed by atoms with E-state index in [-0.39, 0.29) is 10.9 Å². The summed E-state index contributed by atoms with van der Waals surface area (Å²) in [6, 6.07) is 9.63. The monoisotopic (exact) mass is 391 g/mol. The van der Waals surface area contributed by atoms with Crippen LogP contribution >= 0.6 is 11.3 Å². The Morgan fingerprint density at radius 3 is 2.54 bits per heavy atom. The molecule has 26 heavy (non-hydrogen) atoms.